The van der Waals surface area contributed by atoms with Crippen molar-refractivity contribution in [2.45, 2.75) is 33.7 Å². The van der Waals surface area contributed by atoms with E-state index in [9.17, 15) is 4.79 Å². The molecule has 2 aromatic heterocycles. The molecule has 5 nitrogen and oxygen atoms in total. The number of aromatic nitrogens is 2. The number of aryl methyl sites for hydroxylation is 2. The standard InChI is InChI=1S/C24H23Cl2N3O2/c1-4-20-21(23(30)28(5-2)14-16-9-7-6-8-10-16)24-29(27-20)22(15(3)31-24)18-12-11-17(25)13-19(18)26/h6-13H,4-5,14H2,1-3H3. The van der Waals surface area contributed by atoms with Crippen molar-refractivity contribution in [3.8, 4) is 11.3 Å². The highest BCUT2D eigenvalue weighted by molar-refractivity contribution is 6.36. The van der Waals surface area contributed by atoms with Gasteiger partial charge in [-0.1, -0.05) is 60.5 Å². The van der Waals surface area contributed by atoms with E-state index in [4.69, 9.17) is 32.7 Å². The molecule has 160 valence electrons. The number of hydrogen-bond acceptors (Lipinski definition) is 3. The van der Waals surface area contributed by atoms with E-state index in [0.717, 1.165) is 16.8 Å². The minimum Gasteiger partial charge on any atom is -0.440 e. The third-order valence-electron chi connectivity index (χ3n) is 5.33. The van der Waals surface area contributed by atoms with Gasteiger partial charge in [-0.3, -0.25) is 4.79 Å². The third-order valence-corrected chi connectivity index (χ3v) is 5.88. The second kappa shape index (κ2) is 8.77. The van der Waals surface area contributed by atoms with Crippen LogP contribution in [0.5, 0.6) is 0 Å². The highest BCUT2D eigenvalue weighted by atomic mass is 35.5. The first kappa shape index (κ1) is 21.5. The van der Waals surface area contributed by atoms with Crippen LogP contribution in [0, 0.1) is 6.92 Å². The number of fused-ring (bicyclic) bond motifs is 1. The van der Waals surface area contributed by atoms with Gasteiger partial charge < -0.3 is 9.32 Å². The van der Waals surface area contributed by atoms with Crippen molar-refractivity contribution in [2.75, 3.05) is 6.54 Å². The SMILES string of the molecule is CCc1nn2c(-c3ccc(Cl)cc3Cl)c(C)oc2c1C(=O)N(CC)Cc1ccccc1. The lowest BCUT2D eigenvalue weighted by Crippen LogP contribution is -2.30. The van der Waals surface area contributed by atoms with E-state index in [0.29, 0.717) is 52.3 Å². The molecule has 1 amide bonds. The molecular weight excluding hydrogens is 433 g/mol. The zero-order valence-electron chi connectivity index (χ0n) is 17.7. The minimum atomic E-state index is -0.0966. The normalized spacial score (nSPS) is 11.3. The van der Waals surface area contributed by atoms with Crippen LogP contribution < -0.4 is 0 Å². The Balaban J connectivity index is 1.82. The summed E-state index contributed by atoms with van der Waals surface area (Å²) in [6.45, 7) is 6.89. The van der Waals surface area contributed by atoms with Gasteiger partial charge in [0.25, 0.3) is 5.91 Å². The van der Waals surface area contributed by atoms with Crippen molar-refractivity contribution in [2.24, 2.45) is 0 Å². The van der Waals surface area contributed by atoms with Gasteiger partial charge in [0.1, 0.15) is 17.0 Å². The molecule has 0 aliphatic carbocycles. The Kier molecular flexibility index (Phi) is 6.08. The van der Waals surface area contributed by atoms with Crippen LogP contribution in [-0.4, -0.2) is 27.0 Å². The number of rotatable bonds is 6. The van der Waals surface area contributed by atoms with E-state index in [1.807, 2.05) is 57.2 Å². The Morgan fingerprint density at radius 2 is 1.87 bits per heavy atom. The smallest absolute Gasteiger partial charge is 0.261 e. The lowest BCUT2D eigenvalue weighted by Gasteiger charge is -2.20. The van der Waals surface area contributed by atoms with Gasteiger partial charge in [0.05, 0.1) is 10.7 Å². The van der Waals surface area contributed by atoms with Crippen LogP contribution in [0.1, 0.15) is 41.2 Å². The number of halogens is 2. The first-order chi connectivity index (χ1) is 14.9. The average molecular weight is 456 g/mol. The molecule has 0 N–H and O–H groups in total. The summed E-state index contributed by atoms with van der Waals surface area (Å²) in [5.41, 5.74) is 4.18. The summed E-state index contributed by atoms with van der Waals surface area (Å²) >= 11 is 12.5. The molecule has 4 aromatic rings. The number of benzene rings is 2. The van der Waals surface area contributed by atoms with Crippen LogP contribution >= 0.6 is 23.2 Å². The van der Waals surface area contributed by atoms with Crippen LogP contribution in [0.25, 0.3) is 17.0 Å². The lowest BCUT2D eigenvalue weighted by atomic mass is 10.1. The number of amides is 1. The maximum Gasteiger partial charge on any atom is 0.261 e. The molecule has 0 bridgehead atoms. The summed E-state index contributed by atoms with van der Waals surface area (Å²) < 4.78 is 7.77. The second-order valence-corrected chi connectivity index (χ2v) is 8.17. The Labute approximate surface area is 191 Å². The molecule has 4 rings (SSSR count). The number of carbonyl (C=O) groups is 1. The fraction of sp³-hybridized carbons (Fsp3) is 0.250. The molecule has 0 fully saturated rings. The van der Waals surface area contributed by atoms with Crippen molar-refractivity contribution in [3.63, 3.8) is 0 Å². The number of carbonyl (C=O) groups excluding carboxylic acids is 1. The third kappa shape index (κ3) is 3.95. The quantitative estimate of drug-likeness (QED) is 0.336. The zero-order chi connectivity index (χ0) is 22.1. The molecule has 0 radical (unpaired) electrons. The van der Waals surface area contributed by atoms with Gasteiger partial charge in [0.15, 0.2) is 0 Å². The van der Waals surface area contributed by atoms with Gasteiger partial charge in [-0.25, -0.2) is 0 Å². The summed E-state index contributed by atoms with van der Waals surface area (Å²) in [5, 5.41) is 5.77. The van der Waals surface area contributed by atoms with Gasteiger partial charge in [-0.05, 0) is 44.0 Å². The molecule has 0 aliphatic heterocycles. The molecule has 2 aromatic carbocycles. The molecule has 31 heavy (non-hydrogen) atoms. The maximum absolute atomic E-state index is 13.6. The lowest BCUT2D eigenvalue weighted by molar-refractivity contribution is 0.0752. The number of oxazole rings is 1. The maximum atomic E-state index is 13.6. The summed E-state index contributed by atoms with van der Waals surface area (Å²) in [4.78, 5) is 15.4. The molecule has 2 heterocycles. The molecule has 0 aliphatic rings. The molecule has 0 spiro atoms. The van der Waals surface area contributed by atoms with Crippen molar-refractivity contribution in [1.29, 1.82) is 0 Å². The second-order valence-electron chi connectivity index (χ2n) is 7.33. The van der Waals surface area contributed by atoms with E-state index in [1.54, 1.807) is 21.5 Å². The van der Waals surface area contributed by atoms with Gasteiger partial charge in [0, 0.05) is 23.7 Å². The number of nitrogens with zero attached hydrogens (tertiary/aromatic N) is 3. The molecule has 7 heteroatoms. The van der Waals surface area contributed by atoms with Crippen molar-refractivity contribution < 1.29 is 9.21 Å². The Bertz CT molecular complexity index is 1240. The Morgan fingerprint density at radius 3 is 2.52 bits per heavy atom. The molecule has 0 atom stereocenters. The van der Waals surface area contributed by atoms with Crippen LogP contribution in [0.4, 0.5) is 0 Å². The topological polar surface area (TPSA) is 50.8 Å². The van der Waals surface area contributed by atoms with Crippen molar-refractivity contribution >= 4 is 34.8 Å². The molecular formula is C24H23Cl2N3O2. The first-order valence-electron chi connectivity index (χ1n) is 10.2. The van der Waals surface area contributed by atoms with E-state index < -0.39 is 0 Å². The summed E-state index contributed by atoms with van der Waals surface area (Å²) in [5.74, 6) is 0.537. The highest BCUT2D eigenvalue weighted by Crippen LogP contribution is 2.36. The molecule has 0 saturated carbocycles. The average Bonchev–Trinajstić information content (AvgIpc) is 3.26. The number of hydrogen-bond donors (Lipinski definition) is 0. The fourth-order valence-corrected chi connectivity index (χ4v) is 4.27. The highest BCUT2D eigenvalue weighted by Gasteiger charge is 2.29. The van der Waals surface area contributed by atoms with E-state index >= 15 is 0 Å². The summed E-state index contributed by atoms with van der Waals surface area (Å²) in [6, 6.07) is 15.2. The van der Waals surface area contributed by atoms with Crippen LogP contribution in [0.3, 0.4) is 0 Å². The van der Waals surface area contributed by atoms with Crippen LogP contribution in [0.15, 0.2) is 52.9 Å². The summed E-state index contributed by atoms with van der Waals surface area (Å²) in [7, 11) is 0. The monoisotopic (exact) mass is 455 g/mol. The fourth-order valence-electron chi connectivity index (χ4n) is 3.77. The van der Waals surface area contributed by atoms with E-state index in [-0.39, 0.29) is 5.91 Å². The molecule has 0 unspecified atom stereocenters. The van der Waals surface area contributed by atoms with Gasteiger partial charge >= 0.3 is 0 Å². The van der Waals surface area contributed by atoms with Gasteiger partial charge in [0.2, 0.25) is 5.71 Å². The largest absolute Gasteiger partial charge is 0.440 e. The minimum absolute atomic E-state index is 0.0966. The summed E-state index contributed by atoms with van der Waals surface area (Å²) in [6.07, 6.45) is 0.605. The van der Waals surface area contributed by atoms with Gasteiger partial charge in [-0.2, -0.15) is 9.61 Å². The van der Waals surface area contributed by atoms with Crippen LogP contribution in [-0.2, 0) is 13.0 Å². The Hall–Kier alpha value is -2.76. The van der Waals surface area contributed by atoms with E-state index in [2.05, 4.69) is 0 Å². The van der Waals surface area contributed by atoms with Gasteiger partial charge in [-0.15, -0.1) is 0 Å². The molecule has 0 saturated heterocycles. The van der Waals surface area contributed by atoms with Crippen molar-refractivity contribution in [1.82, 2.24) is 14.5 Å². The predicted molar refractivity (Wildman–Crippen MR) is 124 cm³/mol. The first-order valence-corrected chi connectivity index (χ1v) is 11.0. The van der Waals surface area contributed by atoms with E-state index in [1.165, 1.54) is 0 Å². The zero-order valence-corrected chi connectivity index (χ0v) is 19.2. The van der Waals surface area contributed by atoms with Crippen molar-refractivity contribution in [3.05, 3.63) is 81.2 Å². The Morgan fingerprint density at radius 1 is 1.13 bits per heavy atom. The van der Waals surface area contributed by atoms with Crippen LogP contribution in [0.2, 0.25) is 10.0 Å². The predicted octanol–water partition coefficient (Wildman–Crippen LogP) is 6.43.